The lowest BCUT2D eigenvalue weighted by molar-refractivity contribution is 0.355. The third-order valence-corrected chi connectivity index (χ3v) is 2.32. The Morgan fingerprint density at radius 1 is 0.933 bits per heavy atom. The standard InChI is InChI=1S/C13H12NO/c15-13-8-5-11(6-9-13)4-7-12-3-1-2-10-14-12/h1-3,5-6,8-10H,4,7H2. The number of hydrogen-bond acceptors (Lipinski definition) is 1. The molecule has 2 aromatic rings. The Labute approximate surface area is 89.2 Å². The lowest BCUT2D eigenvalue weighted by atomic mass is 10.1. The summed E-state index contributed by atoms with van der Waals surface area (Å²) in [5.41, 5.74) is 2.27. The van der Waals surface area contributed by atoms with E-state index in [1.807, 2.05) is 30.3 Å². The van der Waals surface area contributed by atoms with Crippen LogP contribution in [0.1, 0.15) is 11.3 Å². The molecule has 2 heteroatoms. The number of aromatic nitrogens is 1. The van der Waals surface area contributed by atoms with Gasteiger partial charge in [0.15, 0.2) is 5.75 Å². The van der Waals surface area contributed by atoms with E-state index < -0.39 is 0 Å². The first-order valence-electron chi connectivity index (χ1n) is 5.00. The number of rotatable bonds is 3. The van der Waals surface area contributed by atoms with Gasteiger partial charge < -0.3 is 0 Å². The second kappa shape index (κ2) is 4.60. The molecule has 15 heavy (non-hydrogen) atoms. The van der Waals surface area contributed by atoms with Crippen LogP contribution in [-0.2, 0) is 17.9 Å². The molecule has 1 aromatic heterocycles. The number of benzene rings is 1. The first-order chi connectivity index (χ1) is 7.34. The molecule has 1 heterocycles. The topological polar surface area (TPSA) is 32.8 Å². The highest BCUT2D eigenvalue weighted by Crippen LogP contribution is 2.12. The largest absolute Gasteiger partial charge is 0.290 e. The second-order valence-electron chi connectivity index (χ2n) is 3.47. The van der Waals surface area contributed by atoms with Gasteiger partial charge in [-0.1, -0.05) is 18.2 Å². The van der Waals surface area contributed by atoms with Gasteiger partial charge in [0.2, 0.25) is 0 Å². The Bertz CT molecular complexity index is 408. The smallest absolute Gasteiger partial charge is 0.178 e. The molecular formula is C13H12NO. The van der Waals surface area contributed by atoms with Crippen molar-refractivity contribution in [1.82, 2.24) is 4.98 Å². The maximum atomic E-state index is 10.9. The van der Waals surface area contributed by atoms with Gasteiger partial charge in [-0.3, -0.25) is 10.1 Å². The van der Waals surface area contributed by atoms with Crippen molar-refractivity contribution in [3.8, 4) is 5.75 Å². The predicted molar refractivity (Wildman–Crippen MR) is 58.2 cm³/mol. The number of pyridine rings is 1. The van der Waals surface area contributed by atoms with Crippen molar-refractivity contribution in [1.29, 1.82) is 0 Å². The number of nitrogens with zero attached hydrogens (tertiary/aromatic N) is 1. The molecule has 2 nitrogen and oxygen atoms in total. The lowest BCUT2D eigenvalue weighted by Gasteiger charge is -2.00. The van der Waals surface area contributed by atoms with E-state index in [-0.39, 0.29) is 5.75 Å². The molecule has 0 aliphatic rings. The van der Waals surface area contributed by atoms with E-state index in [1.54, 1.807) is 18.3 Å². The molecule has 0 unspecified atom stereocenters. The van der Waals surface area contributed by atoms with E-state index in [2.05, 4.69) is 4.98 Å². The van der Waals surface area contributed by atoms with Gasteiger partial charge in [-0.05, 0) is 42.7 Å². The normalized spacial score (nSPS) is 10.1. The summed E-state index contributed by atoms with van der Waals surface area (Å²) in [5, 5.41) is 10.9. The zero-order valence-corrected chi connectivity index (χ0v) is 8.39. The van der Waals surface area contributed by atoms with Gasteiger partial charge in [-0.2, -0.15) is 0 Å². The average Bonchev–Trinajstić information content (AvgIpc) is 2.30. The molecule has 2 rings (SSSR count). The Kier molecular flexibility index (Phi) is 2.98. The van der Waals surface area contributed by atoms with E-state index in [0.717, 1.165) is 18.5 Å². The Hall–Kier alpha value is -1.83. The van der Waals surface area contributed by atoms with E-state index in [0.29, 0.717) is 0 Å². The minimum atomic E-state index is 0.0663. The van der Waals surface area contributed by atoms with E-state index in [4.69, 9.17) is 0 Å². The number of hydrogen-bond donors (Lipinski definition) is 0. The molecule has 0 fully saturated rings. The highest BCUT2D eigenvalue weighted by Gasteiger charge is 1.96. The van der Waals surface area contributed by atoms with E-state index in [9.17, 15) is 5.11 Å². The van der Waals surface area contributed by atoms with Crippen LogP contribution in [0.4, 0.5) is 0 Å². The second-order valence-corrected chi connectivity index (χ2v) is 3.47. The summed E-state index contributed by atoms with van der Waals surface area (Å²) in [6.45, 7) is 0. The van der Waals surface area contributed by atoms with Crippen molar-refractivity contribution in [3.63, 3.8) is 0 Å². The molecule has 0 N–H and O–H groups in total. The molecule has 0 bridgehead atoms. The van der Waals surface area contributed by atoms with Crippen molar-refractivity contribution in [2.45, 2.75) is 12.8 Å². The summed E-state index contributed by atoms with van der Waals surface area (Å²) in [4.78, 5) is 4.25. The summed E-state index contributed by atoms with van der Waals surface area (Å²) in [7, 11) is 0. The highest BCUT2D eigenvalue weighted by atomic mass is 16.3. The van der Waals surface area contributed by atoms with Crippen LogP contribution >= 0.6 is 0 Å². The molecule has 0 atom stereocenters. The minimum Gasteiger partial charge on any atom is -0.290 e. The van der Waals surface area contributed by atoms with Crippen molar-refractivity contribution in [3.05, 3.63) is 59.9 Å². The van der Waals surface area contributed by atoms with Crippen LogP contribution in [0.3, 0.4) is 0 Å². The van der Waals surface area contributed by atoms with Crippen molar-refractivity contribution in [2.24, 2.45) is 0 Å². The summed E-state index contributed by atoms with van der Waals surface area (Å²) in [6.07, 6.45) is 3.65. The summed E-state index contributed by atoms with van der Waals surface area (Å²) in [6, 6.07) is 12.9. The fraction of sp³-hybridized carbons (Fsp3) is 0.154. The summed E-state index contributed by atoms with van der Waals surface area (Å²) in [5.74, 6) is 0.0663. The summed E-state index contributed by atoms with van der Waals surface area (Å²) < 4.78 is 0. The van der Waals surface area contributed by atoms with Gasteiger partial charge in [0.1, 0.15) is 0 Å². The molecule has 0 amide bonds. The molecule has 75 valence electrons. The first-order valence-corrected chi connectivity index (χ1v) is 5.00. The van der Waals surface area contributed by atoms with Crippen molar-refractivity contribution < 1.29 is 5.11 Å². The highest BCUT2D eigenvalue weighted by molar-refractivity contribution is 5.26. The third kappa shape index (κ3) is 2.81. The van der Waals surface area contributed by atoms with Gasteiger partial charge in [0.25, 0.3) is 0 Å². The van der Waals surface area contributed by atoms with Crippen LogP contribution in [0.2, 0.25) is 0 Å². The van der Waals surface area contributed by atoms with Crippen LogP contribution in [-0.4, -0.2) is 4.98 Å². The average molecular weight is 198 g/mol. The fourth-order valence-electron chi connectivity index (χ4n) is 1.47. The van der Waals surface area contributed by atoms with E-state index in [1.165, 1.54) is 5.56 Å². The lowest BCUT2D eigenvalue weighted by Crippen LogP contribution is -1.93. The van der Waals surface area contributed by atoms with Crippen molar-refractivity contribution in [2.75, 3.05) is 0 Å². The minimum absolute atomic E-state index is 0.0663. The van der Waals surface area contributed by atoms with Gasteiger partial charge >= 0.3 is 0 Å². The van der Waals surface area contributed by atoms with Crippen LogP contribution in [0.5, 0.6) is 5.75 Å². The fourth-order valence-corrected chi connectivity index (χ4v) is 1.47. The van der Waals surface area contributed by atoms with Gasteiger partial charge in [0, 0.05) is 11.9 Å². The maximum absolute atomic E-state index is 10.9. The Morgan fingerprint density at radius 3 is 2.40 bits per heavy atom. The third-order valence-electron chi connectivity index (χ3n) is 2.32. The quantitative estimate of drug-likeness (QED) is 0.746. The number of aryl methyl sites for hydroxylation is 2. The molecule has 1 aromatic carbocycles. The molecule has 0 saturated carbocycles. The SMILES string of the molecule is [O]c1ccc(CCc2ccccn2)cc1. The van der Waals surface area contributed by atoms with Gasteiger partial charge in [0.05, 0.1) is 0 Å². The van der Waals surface area contributed by atoms with E-state index >= 15 is 0 Å². The van der Waals surface area contributed by atoms with Crippen molar-refractivity contribution >= 4 is 0 Å². The monoisotopic (exact) mass is 198 g/mol. The molecule has 1 radical (unpaired) electrons. The van der Waals surface area contributed by atoms with Crippen LogP contribution in [0, 0.1) is 0 Å². The Balaban J connectivity index is 1.96. The summed E-state index contributed by atoms with van der Waals surface area (Å²) >= 11 is 0. The molecule has 0 aliphatic carbocycles. The van der Waals surface area contributed by atoms with Gasteiger partial charge in [-0.25, -0.2) is 0 Å². The zero-order chi connectivity index (χ0) is 10.5. The predicted octanol–water partition coefficient (Wildman–Crippen LogP) is 3.01. The molecular weight excluding hydrogens is 186 g/mol. The van der Waals surface area contributed by atoms with Gasteiger partial charge in [-0.15, -0.1) is 0 Å². The van der Waals surface area contributed by atoms with Crippen LogP contribution in [0.15, 0.2) is 48.7 Å². The first kappa shape index (κ1) is 9.71. The molecule has 0 aliphatic heterocycles. The molecule has 0 saturated heterocycles. The maximum Gasteiger partial charge on any atom is 0.178 e. The zero-order valence-electron chi connectivity index (χ0n) is 8.39. The van der Waals surface area contributed by atoms with Crippen LogP contribution < -0.4 is 0 Å². The Morgan fingerprint density at radius 2 is 1.73 bits per heavy atom. The molecule has 0 spiro atoms. The van der Waals surface area contributed by atoms with Crippen LogP contribution in [0.25, 0.3) is 0 Å².